The van der Waals surface area contributed by atoms with Crippen molar-refractivity contribution in [2.45, 2.75) is 6.42 Å². The second-order valence-corrected chi connectivity index (χ2v) is 4.94. The molecule has 0 atom stereocenters. The number of aromatic nitrogens is 2. The van der Waals surface area contributed by atoms with Crippen molar-refractivity contribution in [1.29, 1.82) is 0 Å². The molecule has 3 heteroatoms. The number of nitrogens with one attached hydrogen (secondary N) is 1. The third-order valence-electron chi connectivity index (χ3n) is 2.82. The number of hydrogen-bond donors (Lipinski definition) is 1. The lowest BCUT2D eigenvalue weighted by atomic mass is 10.1. The van der Waals surface area contributed by atoms with Gasteiger partial charge in [0.1, 0.15) is 0 Å². The Labute approximate surface area is 108 Å². The van der Waals surface area contributed by atoms with Crippen molar-refractivity contribution in [1.82, 2.24) is 10.2 Å². The van der Waals surface area contributed by atoms with Crippen LogP contribution in [0.3, 0.4) is 0 Å². The van der Waals surface area contributed by atoms with E-state index in [0.29, 0.717) is 0 Å². The van der Waals surface area contributed by atoms with Crippen molar-refractivity contribution in [3.8, 4) is 0 Å². The van der Waals surface area contributed by atoms with Crippen molar-refractivity contribution in [2.24, 2.45) is 0 Å². The average Bonchev–Trinajstić information content (AvgIpc) is 2.73. The highest BCUT2D eigenvalue weighted by Gasteiger charge is 2.06. The van der Waals surface area contributed by atoms with Crippen LogP contribution >= 0.6 is 15.9 Å². The molecule has 0 amide bonds. The Kier molecular flexibility index (Phi) is 2.69. The van der Waals surface area contributed by atoms with Crippen LogP contribution in [0.5, 0.6) is 0 Å². The Morgan fingerprint density at radius 2 is 1.88 bits per heavy atom. The Morgan fingerprint density at radius 3 is 2.71 bits per heavy atom. The minimum absolute atomic E-state index is 0.858. The normalized spacial score (nSPS) is 10.9. The van der Waals surface area contributed by atoms with E-state index in [9.17, 15) is 0 Å². The van der Waals surface area contributed by atoms with Gasteiger partial charge in [-0.25, -0.2) is 0 Å². The zero-order valence-corrected chi connectivity index (χ0v) is 10.7. The lowest BCUT2D eigenvalue weighted by molar-refractivity contribution is 1.01. The van der Waals surface area contributed by atoms with Gasteiger partial charge in [-0.1, -0.05) is 46.3 Å². The highest BCUT2D eigenvalue weighted by atomic mass is 79.9. The molecule has 2 nitrogen and oxygen atoms in total. The molecule has 17 heavy (non-hydrogen) atoms. The number of halogens is 1. The van der Waals surface area contributed by atoms with E-state index < -0.39 is 0 Å². The smallest absolute Gasteiger partial charge is 0.0744 e. The summed E-state index contributed by atoms with van der Waals surface area (Å²) in [5.41, 5.74) is 3.45. The summed E-state index contributed by atoms with van der Waals surface area (Å²) in [6.07, 6.45) is 0.858. The predicted molar refractivity (Wildman–Crippen MR) is 73.0 cm³/mol. The number of H-pyrrole nitrogens is 1. The van der Waals surface area contributed by atoms with E-state index in [2.05, 4.69) is 56.5 Å². The van der Waals surface area contributed by atoms with Gasteiger partial charge in [0.05, 0.1) is 11.2 Å². The number of hydrogen-bond acceptors (Lipinski definition) is 1. The summed E-state index contributed by atoms with van der Waals surface area (Å²) in [6, 6.07) is 16.6. The largest absolute Gasteiger partial charge is 0.278 e. The van der Waals surface area contributed by atoms with Crippen molar-refractivity contribution < 1.29 is 0 Å². The van der Waals surface area contributed by atoms with E-state index in [-0.39, 0.29) is 0 Å². The molecule has 84 valence electrons. The van der Waals surface area contributed by atoms with Crippen LogP contribution in [0.4, 0.5) is 0 Å². The van der Waals surface area contributed by atoms with Crippen LogP contribution in [-0.2, 0) is 6.42 Å². The topological polar surface area (TPSA) is 28.7 Å². The van der Waals surface area contributed by atoms with Crippen molar-refractivity contribution in [2.75, 3.05) is 0 Å². The molecule has 2 aromatic carbocycles. The first kappa shape index (κ1) is 10.5. The summed E-state index contributed by atoms with van der Waals surface area (Å²) in [5, 5.41) is 8.63. The molecule has 0 bridgehead atoms. The Hall–Kier alpha value is -1.61. The molecule has 0 fully saturated rings. The summed E-state index contributed by atoms with van der Waals surface area (Å²) in [7, 11) is 0. The molecule has 0 radical (unpaired) electrons. The number of benzene rings is 2. The first-order chi connectivity index (χ1) is 8.33. The second kappa shape index (κ2) is 4.34. The number of rotatable bonds is 2. The molecule has 3 aromatic rings. The van der Waals surface area contributed by atoms with Gasteiger partial charge in [-0.2, -0.15) is 5.10 Å². The van der Waals surface area contributed by atoms with Crippen LogP contribution < -0.4 is 0 Å². The predicted octanol–water partition coefficient (Wildman–Crippen LogP) is 3.92. The summed E-state index contributed by atoms with van der Waals surface area (Å²) < 4.78 is 1.08. The Morgan fingerprint density at radius 1 is 1.06 bits per heavy atom. The van der Waals surface area contributed by atoms with Gasteiger partial charge >= 0.3 is 0 Å². The molecular formula is C14H11BrN2. The van der Waals surface area contributed by atoms with Crippen molar-refractivity contribution in [3.63, 3.8) is 0 Å². The molecule has 0 aliphatic rings. The zero-order valence-electron chi connectivity index (χ0n) is 9.15. The SMILES string of the molecule is Brc1ccc2[nH]nc(Cc3ccccc3)c2c1. The Balaban J connectivity index is 2.03. The zero-order chi connectivity index (χ0) is 11.7. The maximum atomic E-state index is 4.39. The van der Waals surface area contributed by atoms with Gasteiger partial charge in [-0.15, -0.1) is 0 Å². The summed E-state index contributed by atoms with van der Waals surface area (Å²) in [4.78, 5) is 0. The van der Waals surface area contributed by atoms with E-state index in [1.807, 2.05) is 18.2 Å². The van der Waals surface area contributed by atoms with Crippen molar-refractivity contribution in [3.05, 3.63) is 64.3 Å². The highest BCUT2D eigenvalue weighted by Crippen LogP contribution is 2.22. The molecule has 1 aromatic heterocycles. The van der Waals surface area contributed by atoms with Crippen LogP contribution in [0.15, 0.2) is 53.0 Å². The lowest BCUT2D eigenvalue weighted by Gasteiger charge is -1.98. The minimum Gasteiger partial charge on any atom is -0.278 e. The number of nitrogens with zero attached hydrogens (tertiary/aromatic N) is 1. The van der Waals surface area contributed by atoms with E-state index in [4.69, 9.17) is 0 Å². The van der Waals surface area contributed by atoms with E-state index in [1.165, 1.54) is 10.9 Å². The van der Waals surface area contributed by atoms with Gasteiger partial charge < -0.3 is 0 Å². The third kappa shape index (κ3) is 2.11. The van der Waals surface area contributed by atoms with E-state index in [0.717, 1.165) is 22.1 Å². The molecule has 1 N–H and O–H groups in total. The van der Waals surface area contributed by atoms with Gasteiger partial charge in [-0.3, -0.25) is 5.10 Å². The summed E-state index contributed by atoms with van der Waals surface area (Å²) in [6.45, 7) is 0. The maximum absolute atomic E-state index is 4.39. The van der Waals surface area contributed by atoms with Gasteiger partial charge in [0.15, 0.2) is 0 Å². The molecule has 1 heterocycles. The Bertz CT molecular complexity index is 644. The molecular weight excluding hydrogens is 276 g/mol. The fourth-order valence-electron chi connectivity index (χ4n) is 1.96. The van der Waals surface area contributed by atoms with Crippen LogP contribution in [0.2, 0.25) is 0 Å². The number of aromatic amines is 1. The van der Waals surface area contributed by atoms with Gasteiger partial charge in [0, 0.05) is 16.3 Å². The van der Waals surface area contributed by atoms with Crippen LogP contribution in [-0.4, -0.2) is 10.2 Å². The average molecular weight is 287 g/mol. The number of fused-ring (bicyclic) bond motifs is 1. The van der Waals surface area contributed by atoms with E-state index >= 15 is 0 Å². The summed E-state index contributed by atoms with van der Waals surface area (Å²) >= 11 is 3.50. The fourth-order valence-corrected chi connectivity index (χ4v) is 2.33. The van der Waals surface area contributed by atoms with Crippen LogP contribution in [0, 0.1) is 0 Å². The highest BCUT2D eigenvalue weighted by molar-refractivity contribution is 9.10. The maximum Gasteiger partial charge on any atom is 0.0744 e. The monoisotopic (exact) mass is 286 g/mol. The quantitative estimate of drug-likeness (QED) is 0.760. The van der Waals surface area contributed by atoms with Crippen LogP contribution in [0.1, 0.15) is 11.3 Å². The molecule has 0 aliphatic carbocycles. The van der Waals surface area contributed by atoms with E-state index in [1.54, 1.807) is 0 Å². The van der Waals surface area contributed by atoms with Gasteiger partial charge in [0.2, 0.25) is 0 Å². The molecule has 0 spiro atoms. The first-order valence-electron chi connectivity index (χ1n) is 5.49. The molecule has 0 saturated heterocycles. The lowest BCUT2D eigenvalue weighted by Crippen LogP contribution is -1.88. The molecule has 0 unspecified atom stereocenters. The van der Waals surface area contributed by atoms with Crippen molar-refractivity contribution >= 4 is 26.8 Å². The molecule has 0 aliphatic heterocycles. The first-order valence-corrected chi connectivity index (χ1v) is 6.29. The second-order valence-electron chi connectivity index (χ2n) is 4.02. The molecule has 3 rings (SSSR count). The van der Waals surface area contributed by atoms with Crippen LogP contribution in [0.25, 0.3) is 10.9 Å². The van der Waals surface area contributed by atoms with Gasteiger partial charge in [0.25, 0.3) is 0 Å². The van der Waals surface area contributed by atoms with Gasteiger partial charge in [-0.05, 0) is 23.8 Å². The third-order valence-corrected chi connectivity index (χ3v) is 3.31. The minimum atomic E-state index is 0.858. The fraction of sp³-hybridized carbons (Fsp3) is 0.0714. The molecule has 0 saturated carbocycles. The summed E-state index contributed by atoms with van der Waals surface area (Å²) in [5.74, 6) is 0. The standard InChI is InChI=1S/C14H11BrN2/c15-11-6-7-13-12(9-11)14(17-16-13)8-10-4-2-1-3-5-10/h1-7,9H,8H2,(H,16,17).